The molecule has 5 nitrogen and oxygen atoms in total. The highest BCUT2D eigenvalue weighted by molar-refractivity contribution is 6.30. The molecule has 4 aromatic rings. The van der Waals surface area contributed by atoms with Crippen molar-refractivity contribution in [3.05, 3.63) is 95.5 Å². The van der Waals surface area contributed by atoms with E-state index in [-0.39, 0.29) is 5.75 Å². The molecule has 4 rings (SSSR count). The third-order valence-electron chi connectivity index (χ3n) is 4.55. The van der Waals surface area contributed by atoms with Crippen LogP contribution in [-0.2, 0) is 0 Å². The standard InChI is InChI=1S/C24H19ClN4O/c1-16(20-9-5-6-10-23(20)30)28-29-24-26-21(17-7-3-2-4-8-17)15-22(27-24)18-11-13-19(25)14-12-18/h2-15,30H,1H3,(H,26,27,29)/b28-16-. The highest BCUT2D eigenvalue weighted by Gasteiger charge is 2.09. The molecular formula is C24H19ClN4O. The molecule has 30 heavy (non-hydrogen) atoms. The lowest BCUT2D eigenvalue weighted by atomic mass is 10.1. The zero-order valence-corrected chi connectivity index (χ0v) is 17.0. The van der Waals surface area contributed by atoms with Gasteiger partial charge in [0.05, 0.1) is 17.1 Å². The number of hydrogen-bond acceptors (Lipinski definition) is 5. The fourth-order valence-corrected chi connectivity index (χ4v) is 3.12. The number of anilines is 1. The predicted molar refractivity (Wildman–Crippen MR) is 122 cm³/mol. The fraction of sp³-hybridized carbons (Fsp3) is 0.0417. The normalized spacial score (nSPS) is 11.3. The fourth-order valence-electron chi connectivity index (χ4n) is 3.00. The molecular weight excluding hydrogens is 396 g/mol. The molecule has 0 aliphatic rings. The lowest BCUT2D eigenvalue weighted by Crippen LogP contribution is -2.04. The van der Waals surface area contributed by atoms with Crippen LogP contribution < -0.4 is 5.43 Å². The molecule has 6 heteroatoms. The van der Waals surface area contributed by atoms with E-state index in [4.69, 9.17) is 11.6 Å². The topological polar surface area (TPSA) is 70.4 Å². The summed E-state index contributed by atoms with van der Waals surface area (Å²) in [6.45, 7) is 1.81. The highest BCUT2D eigenvalue weighted by atomic mass is 35.5. The van der Waals surface area contributed by atoms with Crippen LogP contribution in [0.2, 0.25) is 5.02 Å². The number of para-hydroxylation sites is 1. The van der Waals surface area contributed by atoms with Crippen LogP contribution in [0.3, 0.4) is 0 Å². The predicted octanol–water partition coefficient (Wildman–Crippen LogP) is 6.01. The molecule has 1 heterocycles. The van der Waals surface area contributed by atoms with E-state index in [0.29, 0.717) is 22.2 Å². The number of phenols is 1. The number of aromatic nitrogens is 2. The lowest BCUT2D eigenvalue weighted by Gasteiger charge is -2.09. The second kappa shape index (κ2) is 8.76. The van der Waals surface area contributed by atoms with Gasteiger partial charge in [0.1, 0.15) is 5.75 Å². The molecule has 0 aliphatic heterocycles. The summed E-state index contributed by atoms with van der Waals surface area (Å²) in [6.07, 6.45) is 0. The van der Waals surface area contributed by atoms with Crippen molar-refractivity contribution in [2.75, 3.05) is 5.43 Å². The van der Waals surface area contributed by atoms with Crippen molar-refractivity contribution in [3.8, 4) is 28.3 Å². The summed E-state index contributed by atoms with van der Waals surface area (Å²) in [5.74, 6) is 0.525. The molecule has 2 N–H and O–H groups in total. The third kappa shape index (κ3) is 4.47. The molecule has 0 fully saturated rings. The summed E-state index contributed by atoms with van der Waals surface area (Å²) in [5, 5.41) is 15.1. The summed E-state index contributed by atoms with van der Waals surface area (Å²) in [4.78, 5) is 9.23. The van der Waals surface area contributed by atoms with Gasteiger partial charge in [-0.05, 0) is 37.3 Å². The van der Waals surface area contributed by atoms with Crippen molar-refractivity contribution in [2.45, 2.75) is 6.92 Å². The van der Waals surface area contributed by atoms with Gasteiger partial charge in [-0.3, -0.25) is 0 Å². The van der Waals surface area contributed by atoms with E-state index in [1.54, 1.807) is 18.2 Å². The number of rotatable bonds is 5. The summed E-state index contributed by atoms with van der Waals surface area (Å²) in [7, 11) is 0. The highest BCUT2D eigenvalue weighted by Crippen LogP contribution is 2.26. The number of nitrogens with zero attached hydrogens (tertiary/aromatic N) is 3. The number of halogens is 1. The van der Waals surface area contributed by atoms with Gasteiger partial charge in [0.15, 0.2) is 0 Å². The van der Waals surface area contributed by atoms with Crippen molar-refractivity contribution in [1.29, 1.82) is 0 Å². The molecule has 0 bridgehead atoms. The van der Waals surface area contributed by atoms with Gasteiger partial charge in [0.25, 0.3) is 0 Å². The van der Waals surface area contributed by atoms with E-state index < -0.39 is 0 Å². The van der Waals surface area contributed by atoms with Crippen molar-refractivity contribution in [1.82, 2.24) is 9.97 Å². The number of nitrogens with one attached hydrogen (secondary N) is 1. The first-order valence-corrected chi connectivity index (χ1v) is 9.77. The molecule has 0 spiro atoms. The third-order valence-corrected chi connectivity index (χ3v) is 4.81. The van der Waals surface area contributed by atoms with Crippen molar-refractivity contribution in [3.63, 3.8) is 0 Å². The Morgan fingerprint density at radius 3 is 2.10 bits per heavy atom. The SMILES string of the molecule is C/C(=N/Nc1nc(-c2ccccc2)cc(-c2ccc(Cl)cc2)n1)c1ccccc1O. The van der Waals surface area contributed by atoms with Crippen LogP contribution in [0.25, 0.3) is 22.5 Å². The molecule has 0 aliphatic carbocycles. The van der Waals surface area contributed by atoms with Crippen LogP contribution in [0, 0.1) is 0 Å². The summed E-state index contributed by atoms with van der Waals surface area (Å²) in [5.41, 5.74) is 7.60. The minimum atomic E-state index is 0.168. The van der Waals surface area contributed by atoms with Gasteiger partial charge in [0.2, 0.25) is 5.95 Å². The van der Waals surface area contributed by atoms with E-state index in [1.165, 1.54) is 0 Å². The van der Waals surface area contributed by atoms with Crippen LogP contribution in [0.1, 0.15) is 12.5 Å². The Hall–Kier alpha value is -3.70. The maximum absolute atomic E-state index is 10.0. The van der Waals surface area contributed by atoms with E-state index >= 15 is 0 Å². The number of phenolic OH excluding ortho intramolecular Hbond substituents is 1. The van der Waals surface area contributed by atoms with Gasteiger partial charge in [-0.15, -0.1) is 0 Å². The van der Waals surface area contributed by atoms with E-state index in [9.17, 15) is 5.11 Å². The lowest BCUT2D eigenvalue weighted by molar-refractivity contribution is 0.474. The maximum Gasteiger partial charge on any atom is 0.244 e. The first-order chi connectivity index (χ1) is 14.6. The quantitative estimate of drug-likeness (QED) is 0.310. The number of hydrogen-bond donors (Lipinski definition) is 2. The maximum atomic E-state index is 10.0. The van der Waals surface area contributed by atoms with Gasteiger partial charge in [-0.25, -0.2) is 15.4 Å². The number of benzene rings is 3. The van der Waals surface area contributed by atoms with E-state index in [1.807, 2.05) is 73.7 Å². The second-order valence-electron chi connectivity index (χ2n) is 6.66. The molecule has 0 saturated carbocycles. The van der Waals surface area contributed by atoms with Crippen LogP contribution in [0.5, 0.6) is 5.75 Å². The largest absolute Gasteiger partial charge is 0.507 e. The summed E-state index contributed by atoms with van der Waals surface area (Å²) in [6, 6.07) is 26.3. The minimum Gasteiger partial charge on any atom is -0.507 e. The van der Waals surface area contributed by atoms with Gasteiger partial charge in [0, 0.05) is 21.7 Å². The summed E-state index contributed by atoms with van der Waals surface area (Å²) < 4.78 is 0. The number of aromatic hydroxyl groups is 1. The first-order valence-electron chi connectivity index (χ1n) is 9.39. The Bertz CT molecular complexity index is 1190. The zero-order valence-electron chi connectivity index (χ0n) is 16.2. The Balaban J connectivity index is 1.73. The van der Waals surface area contributed by atoms with Crippen LogP contribution in [0.4, 0.5) is 5.95 Å². The average Bonchev–Trinajstić information content (AvgIpc) is 2.78. The Morgan fingerprint density at radius 1 is 0.833 bits per heavy atom. The van der Waals surface area contributed by atoms with Crippen LogP contribution in [0.15, 0.2) is 90.0 Å². The molecule has 0 radical (unpaired) electrons. The molecule has 3 aromatic carbocycles. The van der Waals surface area contributed by atoms with Crippen LogP contribution in [-0.4, -0.2) is 20.8 Å². The Labute approximate surface area is 179 Å². The Morgan fingerprint density at radius 2 is 1.43 bits per heavy atom. The van der Waals surface area contributed by atoms with E-state index in [0.717, 1.165) is 22.5 Å². The van der Waals surface area contributed by atoms with Crippen molar-refractivity contribution in [2.24, 2.45) is 5.10 Å². The van der Waals surface area contributed by atoms with Crippen molar-refractivity contribution >= 4 is 23.3 Å². The monoisotopic (exact) mass is 414 g/mol. The first kappa shape index (κ1) is 19.6. The molecule has 1 aromatic heterocycles. The molecule has 0 unspecified atom stereocenters. The Kier molecular flexibility index (Phi) is 5.72. The second-order valence-corrected chi connectivity index (χ2v) is 7.10. The minimum absolute atomic E-state index is 0.168. The number of hydrazone groups is 1. The molecule has 0 amide bonds. The van der Waals surface area contributed by atoms with E-state index in [2.05, 4.69) is 20.5 Å². The van der Waals surface area contributed by atoms with Crippen LogP contribution >= 0.6 is 11.6 Å². The van der Waals surface area contributed by atoms with Crippen molar-refractivity contribution < 1.29 is 5.11 Å². The zero-order chi connectivity index (χ0) is 20.9. The average molecular weight is 415 g/mol. The molecule has 148 valence electrons. The van der Waals surface area contributed by atoms with Gasteiger partial charge < -0.3 is 5.11 Å². The summed E-state index contributed by atoms with van der Waals surface area (Å²) >= 11 is 6.03. The molecule has 0 saturated heterocycles. The van der Waals surface area contributed by atoms with Gasteiger partial charge in [-0.1, -0.05) is 66.2 Å². The van der Waals surface area contributed by atoms with Gasteiger partial charge >= 0.3 is 0 Å². The molecule has 0 atom stereocenters. The van der Waals surface area contributed by atoms with Gasteiger partial charge in [-0.2, -0.15) is 5.10 Å². The smallest absolute Gasteiger partial charge is 0.244 e.